The lowest BCUT2D eigenvalue weighted by atomic mass is 9.97. The number of aryl methyl sites for hydroxylation is 1. The third-order valence-electron chi connectivity index (χ3n) is 5.07. The number of thiophene rings is 1. The van der Waals surface area contributed by atoms with Crippen LogP contribution in [0.15, 0.2) is 46.3 Å². The summed E-state index contributed by atoms with van der Waals surface area (Å²) in [5, 5.41) is 9.12. The minimum atomic E-state index is -0.0284. The van der Waals surface area contributed by atoms with Crippen molar-refractivity contribution in [2.75, 3.05) is 18.4 Å². The Labute approximate surface area is 168 Å². The molecule has 0 spiro atoms. The molecule has 1 saturated heterocycles. The summed E-state index contributed by atoms with van der Waals surface area (Å²) in [7, 11) is 0. The number of piperidine rings is 1. The molecule has 7 heteroatoms. The van der Waals surface area contributed by atoms with Crippen molar-refractivity contribution in [3.05, 3.63) is 53.2 Å². The number of nitrogens with zero attached hydrogens (tertiary/aromatic N) is 3. The van der Waals surface area contributed by atoms with Crippen molar-refractivity contribution < 1.29 is 9.32 Å². The second-order valence-electron chi connectivity index (χ2n) is 7.10. The Hall–Kier alpha value is -2.51. The van der Waals surface area contributed by atoms with Gasteiger partial charge in [0.15, 0.2) is 0 Å². The van der Waals surface area contributed by atoms with E-state index in [4.69, 9.17) is 4.52 Å². The van der Waals surface area contributed by atoms with Gasteiger partial charge in [0.2, 0.25) is 17.6 Å². The number of benzene rings is 1. The summed E-state index contributed by atoms with van der Waals surface area (Å²) in [5.74, 6) is 1.28. The molecule has 6 nitrogen and oxygen atoms in total. The Balaban J connectivity index is 1.34. The molecule has 0 aliphatic carbocycles. The molecule has 0 saturated carbocycles. The number of hydrogen-bond acceptors (Lipinski definition) is 6. The fourth-order valence-electron chi connectivity index (χ4n) is 3.50. The van der Waals surface area contributed by atoms with Crippen LogP contribution in [-0.2, 0) is 17.8 Å². The highest BCUT2D eigenvalue weighted by Gasteiger charge is 2.27. The Kier molecular flexibility index (Phi) is 5.83. The Morgan fingerprint density at radius 2 is 2.18 bits per heavy atom. The smallest absolute Gasteiger partial charge is 0.241 e. The van der Waals surface area contributed by atoms with Gasteiger partial charge in [0.05, 0.1) is 17.3 Å². The van der Waals surface area contributed by atoms with Crippen LogP contribution in [0.4, 0.5) is 5.69 Å². The molecule has 1 aliphatic heterocycles. The summed E-state index contributed by atoms with van der Waals surface area (Å²) < 4.78 is 5.41. The maximum atomic E-state index is 12.7. The highest BCUT2D eigenvalue weighted by Crippen LogP contribution is 2.23. The van der Waals surface area contributed by atoms with Gasteiger partial charge in [-0.15, -0.1) is 11.3 Å². The van der Waals surface area contributed by atoms with Crippen molar-refractivity contribution in [2.24, 2.45) is 5.92 Å². The van der Waals surface area contributed by atoms with Crippen LogP contribution in [0.3, 0.4) is 0 Å². The third kappa shape index (κ3) is 4.48. The van der Waals surface area contributed by atoms with Gasteiger partial charge in [0, 0.05) is 12.2 Å². The molecular weight excluding hydrogens is 372 g/mol. The number of likely N-dealkylation sites (tertiary alicyclic amines) is 1. The largest absolute Gasteiger partial charge is 0.338 e. The van der Waals surface area contributed by atoms with Gasteiger partial charge < -0.3 is 9.84 Å². The Bertz CT molecular complexity index is 905. The molecule has 1 atom stereocenters. The Morgan fingerprint density at radius 1 is 1.32 bits per heavy atom. The van der Waals surface area contributed by atoms with Gasteiger partial charge in [-0.2, -0.15) is 4.98 Å². The normalized spacial score (nSPS) is 17.5. The van der Waals surface area contributed by atoms with Crippen LogP contribution in [-0.4, -0.2) is 34.0 Å². The summed E-state index contributed by atoms with van der Waals surface area (Å²) in [5.41, 5.74) is 2.13. The van der Waals surface area contributed by atoms with E-state index in [9.17, 15) is 4.79 Å². The molecule has 1 fully saturated rings. The van der Waals surface area contributed by atoms with Crippen molar-refractivity contribution in [1.82, 2.24) is 15.0 Å². The van der Waals surface area contributed by atoms with Crippen LogP contribution >= 0.6 is 11.3 Å². The minimum absolute atomic E-state index is 0.0284. The number of aromatic nitrogens is 2. The fraction of sp³-hybridized carbons (Fsp3) is 0.381. The van der Waals surface area contributed by atoms with E-state index < -0.39 is 0 Å². The first-order valence-electron chi connectivity index (χ1n) is 9.70. The summed E-state index contributed by atoms with van der Waals surface area (Å²) in [6.45, 7) is 4.34. The first-order valence-corrected chi connectivity index (χ1v) is 10.6. The van der Waals surface area contributed by atoms with Gasteiger partial charge in [-0.3, -0.25) is 9.69 Å². The van der Waals surface area contributed by atoms with E-state index in [1.54, 1.807) is 11.3 Å². The predicted octanol–water partition coefficient (Wildman–Crippen LogP) is 4.21. The lowest BCUT2D eigenvalue weighted by Gasteiger charge is -2.30. The van der Waals surface area contributed by atoms with Crippen LogP contribution in [0.1, 0.15) is 31.2 Å². The highest BCUT2D eigenvalue weighted by atomic mass is 32.1. The molecule has 3 aromatic rings. The van der Waals surface area contributed by atoms with E-state index in [0.29, 0.717) is 24.8 Å². The number of hydrogen-bond donors (Lipinski definition) is 1. The molecule has 4 rings (SSSR count). The molecule has 1 amide bonds. The van der Waals surface area contributed by atoms with Crippen molar-refractivity contribution >= 4 is 22.9 Å². The lowest BCUT2D eigenvalue weighted by Crippen LogP contribution is -2.40. The van der Waals surface area contributed by atoms with Gasteiger partial charge in [0.1, 0.15) is 0 Å². The fourth-order valence-corrected chi connectivity index (χ4v) is 4.15. The van der Waals surface area contributed by atoms with E-state index >= 15 is 0 Å². The van der Waals surface area contributed by atoms with E-state index in [0.717, 1.165) is 36.4 Å². The monoisotopic (exact) mass is 396 g/mol. The standard InChI is InChI=1S/C21H24N4O2S/c1-2-15-7-9-17(10-8-15)22-21(26)16-5-3-11-25(13-16)14-19-23-20(24-27-19)18-6-4-12-28-18/h4,6-10,12,16H,2-3,5,11,13-14H2,1H3,(H,22,26). The SMILES string of the molecule is CCc1ccc(NC(=O)C2CCCN(Cc3nc(-c4cccs4)no3)C2)cc1. The molecular formula is C21H24N4O2S. The zero-order valence-electron chi connectivity index (χ0n) is 15.9. The number of anilines is 1. The second-order valence-corrected chi connectivity index (χ2v) is 8.05. The molecule has 1 unspecified atom stereocenters. The van der Waals surface area contributed by atoms with Gasteiger partial charge in [-0.1, -0.05) is 30.3 Å². The first kappa shape index (κ1) is 18.8. The average Bonchev–Trinajstić information content (AvgIpc) is 3.41. The summed E-state index contributed by atoms with van der Waals surface area (Å²) in [4.78, 5) is 20.4. The van der Waals surface area contributed by atoms with Crippen LogP contribution in [0, 0.1) is 5.92 Å². The van der Waals surface area contributed by atoms with Crippen LogP contribution < -0.4 is 5.32 Å². The highest BCUT2D eigenvalue weighted by molar-refractivity contribution is 7.13. The molecule has 1 aromatic carbocycles. The molecule has 0 radical (unpaired) electrons. The van der Waals surface area contributed by atoms with E-state index in [2.05, 4.69) is 39.4 Å². The molecule has 146 valence electrons. The molecule has 1 aliphatic rings. The van der Waals surface area contributed by atoms with Crippen LogP contribution in [0.5, 0.6) is 0 Å². The number of rotatable bonds is 6. The maximum Gasteiger partial charge on any atom is 0.241 e. The van der Waals surface area contributed by atoms with Crippen molar-refractivity contribution in [2.45, 2.75) is 32.7 Å². The van der Waals surface area contributed by atoms with E-state index in [1.165, 1.54) is 5.56 Å². The maximum absolute atomic E-state index is 12.7. The third-order valence-corrected chi connectivity index (χ3v) is 5.94. The molecule has 28 heavy (non-hydrogen) atoms. The van der Waals surface area contributed by atoms with E-state index in [-0.39, 0.29) is 11.8 Å². The van der Waals surface area contributed by atoms with Crippen molar-refractivity contribution in [1.29, 1.82) is 0 Å². The number of amides is 1. The van der Waals surface area contributed by atoms with Gasteiger partial charge >= 0.3 is 0 Å². The zero-order chi connectivity index (χ0) is 19.3. The lowest BCUT2D eigenvalue weighted by molar-refractivity contribution is -0.121. The Morgan fingerprint density at radius 3 is 2.93 bits per heavy atom. The quantitative estimate of drug-likeness (QED) is 0.676. The van der Waals surface area contributed by atoms with E-state index in [1.807, 2.05) is 29.6 Å². The zero-order valence-corrected chi connectivity index (χ0v) is 16.7. The van der Waals surface area contributed by atoms with Crippen molar-refractivity contribution in [3.63, 3.8) is 0 Å². The first-order chi connectivity index (χ1) is 13.7. The van der Waals surface area contributed by atoms with Gasteiger partial charge in [-0.05, 0) is 54.9 Å². The van der Waals surface area contributed by atoms with Crippen LogP contribution in [0.25, 0.3) is 10.7 Å². The second kappa shape index (κ2) is 8.67. The average molecular weight is 397 g/mol. The topological polar surface area (TPSA) is 71.3 Å². The summed E-state index contributed by atoms with van der Waals surface area (Å²) in [6, 6.07) is 12.0. The molecule has 1 N–H and O–H groups in total. The van der Waals surface area contributed by atoms with Crippen molar-refractivity contribution in [3.8, 4) is 10.7 Å². The number of nitrogens with one attached hydrogen (secondary N) is 1. The van der Waals surface area contributed by atoms with Gasteiger partial charge in [0.25, 0.3) is 0 Å². The van der Waals surface area contributed by atoms with Crippen LogP contribution in [0.2, 0.25) is 0 Å². The number of carbonyl (C=O) groups excluding carboxylic acids is 1. The summed E-state index contributed by atoms with van der Waals surface area (Å²) >= 11 is 1.59. The molecule has 3 heterocycles. The minimum Gasteiger partial charge on any atom is -0.338 e. The predicted molar refractivity (Wildman–Crippen MR) is 110 cm³/mol. The molecule has 2 aromatic heterocycles. The number of carbonyl (C=O) groups is 1. The summed E-state index contributed by atoms with van der Waals surface area (Å²) in [6.07, 6.45) is 2.88. The van der Waals surface area contributed by atoms with Gasteiger partial charge in [-0.25, -0.2) is 0 Å². The molecule has 0 bridgehead atoms.